The summed E-state index contributed by atoms with van der Waals surface area (Å²) >= 11 is 0. The molecule has 5 heteroatoms. The number of nitrogens with two attached hydrogens (primary N) is 1. The van der Waals surface area contributed by atoms with Gasteiger partial charge >= 0.3 is 0 Å². The molecule has 1 aliphatic heterocycles. The Balaban J connectivity index is 0.000000606. The lowest BCUT2D eigenvalue weighted by Gasteiger charge is -2.11. The lowest BCUT2D eigenvalue weighted by molar-refractivity contribution is 0.0758. The van der Waals surface area contributed by atoms with Gasteiger partial charge in [-0.3, -0.25) is 14.6 Å². The number of amides is 1. The number of Topliss-reactive ketones (excluding diaryl/α,β-unsaturated/α-hetero) is 1. The van der Waals surface area contributed by atoms with E-state index in [0.717, 1.165) is 5.01 Å². The number of nitrogens with zero attached hydrogens (tertiary/aromatic N) is 2. The molecule has 0 fully saturated rings. The number of rotatable bonds is 0. The van der Waals surface area contributed by atoms with Crippen molar-refractivity contribution in [1.29, 1.82) is 0 Å². The fourth-order valence-corrected chi connectivity index (χ4v) is 1.65. The van der Waals surface area contributed by atoms with Gasteiger partial charge in [-0.25, -0.2) is 5.84 Å². The molecule has 0 aliphatic carbocycles. The van der Waals surface area contributed by atoms with Crippen molar-refractivity contribution >= 4 is 11.7 Å². The summed E-state index contributed by atoms with van der Waals surface area (Å²) in [4.78, 5) is 23.3. The lowest BCUT2D eigenvalue weighted by Crippen LogP contribution is -2.37. The number of carbonyl (C=O) groups excluding carboxylic acids is 2. The zero-order valence-corrected chi connectivity index (χ0v) is 9.86. The van der Waals surface area contributed by atoms with E-state index in [0.29, 0.717) is 11.3 Å². The van der Waals surface area contributed by atoms with Gasteiger partial charge in [-0.2, -0.15) is 0 Å². The SMILES string of the molecule is CC.Cn1ccc2c1C(=O)CCN(N)C2=O. The molecule has 0 saturated carbocycles. The van der Waals surface area contributed by atoms with Gasteiger partial charge in [0.15, 0.2) is 5.78 Å². The summed E-state index contributed by atoms with van der Waals surface area (Å²) in [6.07, 6.45) is 1.98. The van der Waals surface area contributed by atoms with Gasteiger partial charge in [-0.05, 0) is 6.07 Å². The Hall–Kier alpha value is -1.62. The number of aromatic nitrogens is 1. The molecular formula is C11H17N3O2. The molecule has 16 heavy (non-hydrogen) atoms. The first-order valence-electron chi connectivity index (χ1n) is 5.36. The zero-order valence-electron chi connectivity index (χ0n) is 9.86. The first kappa shape index (κ1) is 12.4. The van der Waals surface area contributed by atoms with Gasteiger partial charge in [-0.15, -0.1) is 0 Å². The molecule has 0 spiro atoms. The lowest BCUT2D eigenvalue weighted by atomic mass is 10.1. The number of fused-ring (bicyclic) bond motifs is 1. The van der Waals surface area contributed by atoms with Crippen molar-refractivity contribution in [3.8, 4) is 0 Å². The molecule has 2 N–H and O–H groups in total. The van der Waals surface area contributed by atoms with E-state index in [1.54, 1.807) is 23.9 Å². The van der Waals surface area contributed by atoms with Crippen LogP contribution in [0.15, 0.2) is 12.3 Å². The summed E-state index contributed by atoms with van der Waals surface area (Å²) in [6, 6.07) is 1.63. The molecule has 0 atom stereocenters. The molecule has 88 valence electrons. The van der Waals surface area contributed by atoms with Crippen molar-refractivity contribution in [3.63, 3.8) is 0 Å². The topological polar surface area (TPSA) is 68.3 Å². The van der Waals surface area contributed by atoms with Crippen molar-refractivity contribution in [1.82, 2.24) is 9.58 Å². The average molecular weight is 223 g/mol. The monoisotopic (exact) mass is 223 g/mol. The molecular weight excluding hydrogens is 206 g/mol. The van der Waals surface area contributed by atoms with Crippen LogP contribution in [-0.2, 0) is 7.05 Å². The van der Waals surface area contributed by atoms with Crippen LogP contribution < -0.4 is 5.84 Å². The second kappa shape index (κ2) is 4.94. The van der Waals surface area contributed by atoms with E-state index in [4.69, 9.17) is 5.84 Å². The van der Waals surface area contributed by atoms with Gasteiger partial charge in [-0.1, -0.05) is 13.8 Å². The van der Waals surface area contributed by atoms with Crippen LogP contribution in [0.1, 0.15) is 41.1 Å². The van der Waals surface area contributed by atoms with E-state index in [1.165, 1.54) is 0 Å². The second-order valence-corrected chi connectivity index (χ2v) is 3.36. The summed E-state index contributed by atoms with van der Waals surface area (Å²) in [5.74, 6) is 5.17. The maximum Gasteiger partial charge on any atom is 0.270 e. The van der Waals surface area contributed by atoms with Crippen LogP contribution in [-0.4, -0.2) is 27.8 Å². The van der Waals surface area contributed by atoms with Crippen molar-refractivity contribution in [2.24, 2.45) is 12.9 Å². The number of hydrogen-bond acceptors (Lipinski definition) is 3. The Morgan fingerprint density at radius 3 is 2.56 bits per heavy atom. The maximum atomic E-state index is 11.6. The molecule has 0 radical (unpaired) electrons. The van der Waals surface area contributed by atoms with Crippen LogP contribution in [0.25, 0.3) is 0 Å². The minimum atomic E-state index is -0.286. The molecule has 0 aromatic carbocycles. The fourth-order valence-electron chi connectivity index (χ4n) is 1.65. The van der Waals surface area contributed by atoms with Crippen LogP contribution in [0.5, 0.6) is 0 Å². The standard InChI is InChI=1S/C9H11N3O2.C2H6/c1-11-4-2-6-8(11)7(13)3-5-12(10)9(6)14;1-2/h2,4H,3,5,10H2,1H3;1-2H3. The smallest absolute Gasteiger partial charge is 0.270 e. The number of hydrazine groups is 1. The molecule has 0 unspecified atom stereocenters. The molecule has 1 aromatic rings. The molecule has 5 nitrogen and oxygen atoms in total. The van der Waals surface area contributed by atoms with Crippen molar-refractivity contribution in [2.45, 2.75) is 20.3 Å². The number of ketones is 1. The molecule has 1 aromatic heterocycles. The quantitative estimate of drug-likeness (QED) is 0.526. The summed E-state index contributed by atoms with van der Waals surface area (Å²) in [5.41, 5.74) is 0.862. The van der Waals surface area contributed by atoms with Crippen LogP contribution in [0.4, 0.5) is 0 Å². The third-order valence-electron chi connectivity index (χ3n) is 2.41. The van der Waals surface area contributed by atoms with E-state index in [1.807, 2.05) is 13.8 Å². The van der Waals surface area contributed by atoms with Crippen molar-refractivity contribution in [3.05, 3.63) is 23.5 Å². The predicted molar refractivity (Wildman–Crippen MR) is 60.9 cm³/mol. The highest BCUT2D eigenvalue weighted by Crippen LogP contribution is 2.17. The molecule has 0 saturated heterocycles. The minimum absolute atomic E-state index is 0.0335. The first-order valence-corrected chi connectivity index (χ1v) is 5.36. The summed E-state index contributed by atoms with van der Waals surface area (Å²) in [5, 5.41) is 1.09. The van der Waals surface area contributed by atoms with Crippen molar-refractivity contribution < 1.29 is 9.59 Å². The maximum absolute atomic E-state index is 11.6. The fraction of sp³-hybridized carbons (Fsp3) is 0.455. The molecule has 1 aliphatic rings. The third-order valence-corrected chi connectivity index (χ3v) is 2.41. The number of hydrogen-bond donors (Lipinski definition) is 1. The van der Waals surface area contributed by atoms with E-state index in [-0.39, 0.29) is 24.7 Å². The number of aryl methyl sites for hydroxylation is 1. The van der Waals surface area contributed by atoms with E-state index in [9.17, 15) is 9.59 Å². The highest BCUT2D eigenvalue weighted by molar-refractivity contribution is 6.08. The largest absolute Gasteiger partial charge is 0.348 e. The predicted octanol–water partition coefficient (Wildman–Crippen LogP) is 0.954. The van der Waals surface area contributed by atoms with Crippen molar-refractivity contribution in [2.75, 3.05) is 6.54 Å². The molecule has 0 bridgehead atoms. The Bertz CT molecular complexity index is 409. The second-order valence-electron chi connectivity index (χ2n) is 3.36. The third kappa shape index (κ3) is 1.99. The Labute approximate surface area is 94.8 Å². The molecule has 1 amide bonds. The van der Waals surface area contributed by atoms with E-state index in [2.05, 4.69) is 0 Å². The highest BCUT2D eigenvalue weighted by Gasteiger charge is 2.27. The van der Waals surface area contributed by atoms with Gasteiger partial charge in [0.1, 0.15) is 0 Å². The van der Waals surface area contributed by atoms with Gasteiger partial charge in [0, 0.05) is 26.2 Å². The minimum Gasteiger partial charge on any atom is -0.348 e. The van der Waals surface area contributed by atoms with Crippen LogP contribution in [0, 0.1) is 0 Å². The van der Waals surface area contributed by atoms with Crippen LogP contribution in [0.3, 0.4) is 0 Å². The van der Waals surface area contributed by atoms with E-state index < -0.39 is 0 Å². The van der Waals surface area contributed by atoms with Gasteiger partial charge in [0.05, 0.1) is 11.3 Å². The average Bonchev–Trinajstić information content (AvgIpc) is 2.64. The zero-order chi connectivity index (χ0) is 12.3. The Kier molecular flexibility index (Phi) is 3.84. The molecule has 2 rings (SSSR count). The highest BCUT2D eigenvalue weighted by atomic mass is 16.2. The van der Waals surface area contributed by atoms with Gasteiger partial charge < -0.3 is 4.57 Å². The van der Waals surface area contributed by atoms with Crippen LogP contribution >= 0.6 is 0 Å². The summed E-state index contributed by atoms with van der Waals surface area (Å²) in [7, 11) is 1.75. The van der Waals surface area contributed by atoms with Gasteiger partial charge in [0.25, 0.3) is 5.91 Å². The van der Waals surface area contributed by atoms with Gasteiger partial charge in [0.2, 0.25) is 0 Å². The summed E-state index contributed by atoms with van der Waals surface area (Å²) in [6.45, 7) is 4.28. The normalized spacial score (nSPS) is 15.1. The first-order chi connectivity index (χ1) is 7.61. The molecule has 2 heterocycles. The van der Waals surface area contributed by atoms with E-state index >= 15 is 0 Å². The van der Waals surface area contributed by atoms with Crippen LogP contribution in [0.2, 0.25) is 0 Å². The number of carbonyl (C=O) groups is 2. The summed E-state index contributed by atoms with van der Waals surface area (Å²) < 4.78 is 1.66. The Morgan fingerprint density at radius 1 is 1.31 bits per heavy atom. The Morgan fingerprint density at radius 2 is 1.94 bits per heavy atom.